The largest absolute Gasteiger partial charge is 0.380 e. The van der Waals surface area contributed by atoms with Crippen molar-refractivity contribution in [1.29, 1.82) is 0 Å². The standard InChI is InChI=1S/C21H24N4OS/c1-14(2)18(25-16-9-5-4-6-10-16)13-23-20(26)19-15(3)24-21(27-19)17-11-7-8-12-22-17/h4-12,14,18,25H,13H2,1-3H3,(H,23,26). The number of aryl methyl sites for hydroxylation is 1. The summed E-state index contributed by atoms with van der Waals surface area (Å²) in [7, 11) is 0. The molecule has 0 fully saturated rings. The van der Waals surface area contributed by atoms with Crippen LogP contribution in [0.3, 0.4) is 0 Å². The van der Waals surface area contributed by atoms with Crippen molar-refractivity contribution in [3.8, 4) is 10.7 Å². The predicted molar refractivity (Wildman–Crippen MR) is 111 cm³/mol. The number of thiazole rings is 1. The van der Waals surface area contributed by atoms with E-state index in [1.165, 1.54) is 11.3 Å². The van der Waals surface area contributed by atoms with Crippen LogP contribution in [-0.2, 0) is 0 Å². The van der Waals surface area contributed by atoms with Crippen molar-refractivity contribution < 1.29 is 4.79 Å². The molecule has 0 spiro atoms. The van der Waals surface area contributed by atoms with Crippen molar-refractivity contribution in [2.45, 2.75) is 26.8 Å². The van der Waals surface area contributed by atoms with Crippen molar-refractivity contribution >= 4 is 22.9 Å². The Hall–Kier alpha value is -2.73. The van der Waals surface area contributed by atoms with Crippen LogP contribution in [0.25, 0.3) is 10.7 Å². The minimum absolute atomic E-state index is 0.0901. The Morgan fingerprint density at radius 1 is 1.11 bits per heavy atom. The summed E-state index contributed by atoms with van der Waals surface area (Å²) in [5.41, 5.74) is 2.57. The second-order valence-corrected chi connectivity index (χ2v) is 7.72. The van der Waals surface area contributed by atoms with Gasteiger partial charge >= 0.3 is 0 Å². The Labute approximate surface area is 163 Å². The van der Waals surface area contributed by atoms with Crippen molar-refractivity contribution in [1.82, 2.24) is 15.3 Å². The highest BCUT2D eigenvalue weighted by atomic mass is 32.1. The van der Waals surface area contributed by atoms with Crippen LogP contribution in [0.15, 0.2) is 54.7 Å². The van der Waals surface area contributed by atoms with Crippen LogP contribution in [0.4, 0.5) is 5.69 Å². The maximum Gasteiger partial charge on any atom is 0.263 e. The highest BCUT2D eigenvalue weighted by Gasteiger charge is 2.19. The van der Waals surface area contributed by atoms with Gasteiger partial charge in [0.05, 0.1) is 11.4 Å². The molecular formula is C21H24N4OS. The molecule has 27 heavy (non-hydrogen) atoms. The molecule has 3 aromatic rings. The summed E-state index contributed by atoms with van der Waals surface area (Å²) in [6.45, 7) is 6.69. The molecule has 1 atom stereocenters. The van der Waals surface area contributed by atoms with Gasteiger partial charge in [0, 0.05) is 24.5 Å². The summed E-state index contributed by atoms with van der Waals surface area (Å²) >= 11 is 1.38. The molecule has 2 N–H and O–H groups in total. The second-order valence-electron chi connectivity index (χ2n) is 6.72. The number of carbonyl (C=O) groups is 1. The van der Waals surface area contributed by atoms with E-state index in [-0.39, 0.29) is 11.9 Å². The summed E-state index contributed by atoms with van der Waals surface area (Å²) in [6, 6.07) is 15.9. The van der Waals surface area contributed by atoms with Crippen LogP contribution in [-0.4, -0.2) is 28.5 Å². The van der Waals surface area contributed by atoms with E-state index in [4.69, 9.17) is 0 Å². The third-order valence-corrected chi connectivity index (χ3v) is 5.48. The first-order valence-electron chi connectivity index (χ1n) is 9.03. The van der Waals surface area contributed by atoms with E-state index >= 15 is 0 Å². The molecule has 0 saturated carbocycles. The minimum Gasteiger partial charge on any atom is -0.380 e. The normalized spacial score (nSPS) is 12.0. The smallest absolute Gasteiger partial charge is 0.263 e. The van der Waals surface area contributed by atoms with Crippen LogP contribution >= 0.6 is 11.3 Å². The first-order chi connectivity index (χ1) is 13.0. The lowest BCUT2D eigenvalue weighted by atomic mass is 10.0. The summed E-state index contributed by atoms with van der Waals surface area (Å²) in [5.74, 6) is 0.282. The highest BCUT2D eigenvalue weighted by Crippen LogP contribution is 2.26. The number of anilines is 1. The van der Waals surface area contributed by atoms with Crippen molar-refractivity contribution in [3.63, 3.8) is 0 Å². The van der Waals surface area contributed by atoms with Crippen LogP contribution in [0.5, 0.6) is 0 Å². The summed E-state index contributed by atoms with van der Waals surface area (Å²) < 4.78 is 0. The van der Waals surface area contributed by atoms with Gasteiger partial charge in [-0.25, -0.2) is 4.98 Å². The Morgan fingerprint density at radius 2 is 1.85 bits per heavy atom. The molecule has 0 aliphatic carbocycles. The van der Waals surface area contributed by atoms with Gasteiger partial charge in [-0.05, 0) is 37.1 Å². The second kappa shape index (κ2) is 8.77. The third kappa shape index (κ3) is 4.92. The molecule has 1 aromatic carbocycles. The summed E-state index contributed by atoms with van der Waals surface area (Å²) in [4.78, 5) is 22.2. The number of nitrogens with one attached hydrogen (secondary N) is 2. The van der Waals surface area contributed by atoms with Crippen LogP contribution in [0, 0.1) is 12.8 Å². The van der Waals surface area contributed by atoms with Crippen LogP contribution in [0.2, 0.25) is 0 Å². The van der Waals surface area contributed by atoms with Crippen molar-refractivity contribution in [3.05, 3.63) is 65.3 Å². The number of amides is 1. The van der Waals surface area contributed by atoms with Gasteiger partial charge in [-0.15, -0.1) is 11.3 Å². The third-order valence-electron chi connectivity index (χ3n) is 4.30. The molecule has 1 amide bonds. The molecule has 6 heteroatoms. The molecular weight excluding hydrogens is 356 g/mol. The minimum atomic E-state index is -0.0901. The van der Waals surface area contributed by atoms with Gasteiger partial charge < -0.3 is 10.6 Å². The number of pyridine rings is 1. The monoisotopic (exact) mass is 380 g/mol. The molecule has 0 aliphatic heterocycles. The van der Waals surface area contributed by atoms with Crippen molar-refractivity contribution in [2.75, 3.05) is 11.9 Å². The number of hydrogen-bond donors (Lipinski definition) is 2. The fourth-order valence-corrected chi connectivity index (χ4v) is 3.65. The van der Waals surface area contributed by atoms with Gasteiger partial charge in [-0.2, -0.15) is 0 Å². The number of hydrogen-bond acceptors (Lipinski definition) is 5. The Balaban J connectivity index is 1.66. The van der Waals surface area contributed by atoms with Gasteiger partial charge in [0.25, 0.3) is 5.91 Å². The van der Waals surface area contributed by atoms with Gasteiger partial charge in [-0.1, -0.05) is 38.1 Å². The number of aromatic nitrogens is 2. The fourth-order valence-electron chi connectivity index (χ4n) is 2.69. The lowest BCUT2D eigenvalue weighted by Crippen LogP contribution is -2.39. The maximum atomic E-state index is 12.7. The molecule has 5 nitrogen and oxygen atoms in total. The number of para-hydroxylation sites is 1. The Bertz CT molecular complexity index is 878. The molecule has 0 bridgehead atoms. The number of rotatable bonds is 7. The molecule has 3 rings (SSSR count). The lowest BCUT2D eigenvalue weighted by molar-refractivity contribution is 0.0953. The van der Waals surface area contributed by atoms with E-state index in [2.05, 4.69) is 34.4 Å². The average molecular weight is 381 g/mol. The molecule has 2 heterocycles. The molecule has 2 aromatic heterocycles. The highest BCUT2D eigenvalue weighted by molar-refractivity contribution is 7.17. The molecule has 0 aliphatic rings. The Morgan fingerprint density at radius 3 is 2.52 bits per heavy atom. The zero-order valence-electron chi connectivity index (χ0n) is 15.8. The molecule has 0 radical (unpaired) electrons. The van der Waals surface area contributed by atoms with E-state index in [0.29, 0.717) is 17.3 Å². The van der Waals surface area contributed by atoms with E-state index in [0.717, 1.165) is 22.1 Å². The van der Waals surface area contributed by atoms with E-state index in [1.54, 1.807) is 6.20 Å². The van der Waals surface area contributed by atoms with E-state index in [1.807, 2.05) is 55.5 Å². The van der Waals surface area contributed by atoms with Crippen LogP contribution in [0.1, 0.15) is 29.2 Å². The van der Waals surface area contributed by atoms with Crippen molar-refractivity contribution in [2.24, 2.45) is 5.92 Å². The number of benzene rings is 1. The summed E-state index contributed by atoms with van der Waals surface area (Å²) in [6.07, 6.45) is 1.73. The predicted octanol–water partition coefficient (Wildman–Crippen LogP) is 4.38. The molecule has 140 valence electrons. The molecule has 0 saturated heterocycles. The topological polar surface area (TPSA) is 66.9 Å². The van der Waals surface area contributed by atoms with E-state index < -0.39 is 0 Å². The van der Waals surface area contributed by atoms with Gasteiger partial charge in [0.15, 0.2) is 0 Å². The number of nitrogens with zero attached hydrogens (tertiary/aromatic N) is 2. The van der Waals surface area contributed by atoms with Gasteiger partial charge in [0.1, 0.15) is 9.88 Å². The SMILES string of the molecule is Cc1nc(-c2ccccn2)sc1C(=O)NCC(Nc1ccccc1)C(C)C. The Kier molecular flexibility index (Phi) is 6.19. The quantitative estimate of drug-likeness (QED) is 0.638. The lowest BCUT2D eigenvalue weighted by Gasteiger charge is -2.24. The summed E-state index contributed by atoms with van der Waals surface area (Å²) in [5, 5.41) is 7.31. The van der Waals surface area contributed by atoms with Gasteiger partial charge in [-0.3, -0.25) is 9.78 Å². The average Bonchev–Trinajstić information content (AvgIpc) is 3.08. The van der Waals surface area contributed by atoms with Crippen LogP contribution < -0.4 is 10.6 Å². The first-order valence-corrected chi connectivity index (χ1v) is 9.85. The zero-order valence-corrected chi connectivity index (χ0v) is 16.6. The van der Waals surface area contributed by atoms with Gasteiger partial charge in [0.2, 0.25) is 0 Å². The van der Waals surface area contributed by atoms with E-state index in [9.17, 15) is 4.79 Å². The fraction of sp³-hybridized carbons (Fsp3) is 0.286. The molecule has 1 unspecified atom stereocenters. The maximum absolute atomic E-state index is 12.7. The number of carbonyl (C=O) groups excluding carboxylic acids is 1. The zero-order chi connectivity index (χ0) is 19.2. The first kappa shape index (κ1) is 19.0.